The molecule has 0 saturated carbocycles. The van der Waals surface area contributed by atoms with E-state index in [9.17, 15) is 88.8 Å². The zero-order chi connectivity index (χ0) is 94.9. The zero-order valence-corrected chi connectivity index (χ0v) is 75.5. The molecule has 0 bridgehead atoms. The topological polar surface area (TPSA) is 578 Å². The van der Waals surface area contributed by atoms with Crippen LogP contribution in [0.3, 0.4) is 0 Å². The van der Waals surface area contributed by atoms with Crippen LogP contribution in [0.5, 0.6) is 0 Å². The van der Waals surface area contributed by atoms with E-state index in [1.807, 2.05) is 0 Å². The second kappa shape index (κ2) is 42.1. The van der Waals surface area contributed by atoms with E-state index in [4.69, 9.17) is 99.5 Å². The molecule has 42 heteroatoms. The Morgan fingerprint density at radius 2 is 0.315 bits per heavy atom. The van der Waals surface area contributed by atoms with E-state index in [2.05, 4.69) is 0 Å². The average molecular weight is 1790 g/mol. The number of hydrogen-bond donors (Lipinski definition) is 8. The molecule has 0 aliphatic carbocycles. The van der Waals surface area contributed by atoms with Crippen molar-refractivity contribution in [3.8, 4) is 0 Å². The SMILES string of the molecule is CC(COC(=O)C(C)(COC(=O)C(C)(COC(=O)C(C)(CO)CO)COC(=O)C(C)(CO)CO)COC(=O)C(C)(COC(=O)C(C)(CO)CO)COC(=O)C(C)(CO)CO)(COC(=O)C(C)(COC(=O)C1(C)COC(C)(C)OC1)COC(=O)C1(C)COC(C)(C)OC1)COC(=O)C(C)(COC(=O)C1(C)COC(C)(C)OC1)COC(=O)C1(C)COC(C)(C)OC1. The predicted octanol–water partition coefficient (Wildman–Crippen LogP) is 0.206. The fraction of sp³-hybridized carbons (Fsp3) is 0.841. The predicted molar refractivity (Wildman–Crippen MR) is 417 cm³/mol. The van der Waals surface area contributed by atoms with Gasteiger partial charge in [0.25, 0.3) is 0 Å². The average Bonchev–Trinajstić information content (AvgIpc) is 0.857. The molecule has 8 N–H and O–H groups in total. The molecule has 0 aromatic carbocycles. The van der Waals surface area contributed by atoms with E-state index in [1.54, 1.807) is 55.4 Å². The number of aliphatic hydroxyl groups excluding tert-OH is 8. The second-order valence-corrected chi connectivity index (χ2v) is 38.8. The molecule has 4 aliphatic rings. The van der Waals surface area contributed by atoms with Crippen LogP contribution in [0.2, 0.25) is 0 Å². The van der Waals surface area contributed by atoms with Gasteiger partial charge in [-0.2, -0.15) is 0 Å². The van der Waals surface area contributed by atoms with Crippen molar-refractivity contribution in [3.05, 3.63) is 0 Å². The van der Waals surface area contributed by atoms with Gasteiger partial charge in [-0.3, -0.25) is 62.3 Å². The molecule has 0 spiro atoms. The molecule has 712 valence electrons. The third-order valence-electron chi connectivity index (χ3n) is 22.0. The van der Waals surface area contributed by atoms with E-state index in [1.165, 1.54) is 48.5 Å². The van der Waals surface area contributed by atoms with E-state index in [-0.39, 0.29) is 52.9 Å². The van der Waals surface area contributed by atoms with Crippen LogP contribution < -0.4 is 0 Å². The van der Waals surface area contributed by atoms with Gasteiger partial charge >= 0.3 is 77.6 Å². The molecule has 0 atom stereocenters. The quantitative estimate of drug-likeness (QED) is 0.0298. The molecule has 42 nitrogen and oxygen atoms in total. The normalized spacial score (nSPS) is 18.9. The fourth-order valence-electron chi connectivity index (χ4n) is 10.3. The summed E-state index contributed by atoms with van der Waals surface area (Å²) >= 11 is 0. The first kappa shape index (κ1) is 109. The Bertz CT molecular complexity index is 3300. The van der Waals surface area contributed by atoms with Gasteiger partial charge in [-0.15, -0.1) is 0 Å². The summed E-state index contributed by atoms with van der Waals surface area (Å²) in [5.74, 6) is -20.9. The highest BCUT2D eigenvalue weighted by molar-refractivity contribution is 5.86. The fourth-order valence-corrected chi connectivity index (χ4v) is 10.3. The number of hydrogen-bond acceptors (Lipinski definition) is 42. The van der Waals surface area contributed by atoms with Gasteiger partial charge in [0.05, 0.1) is 111 Å². The Kier molecular flexibility index (Phi) is 37.0. The summed E-state index contributed by atoms with van der Waals surface area (Å²) in [5, 5.41) is 80.6. The lowest BCUT2D eigenvalue weighted by Gasteiger charge is -2.41. The molecule has 4 aliphatic heterocycles. The minimum atomic E-state index is -2.67. The minimum Gasteiger partial charge on any atom is -0.464 e. The molecule has 0 unspecified atom stereocenters. The maximum absolute atomic E-state index is 15.6. The summed E-state index contributed by atoms with van der Waals surface area (Å²) in [4.78, 5) is 186. The van der Waals surface area contributed by atoms with Crippen LogP contribution in [0.4, 0.5) is 0 Å². The van der Waals surface area contributed by atoms with E-state index in [0.717, 1.165) is 48.5 Å². The maximum atomic E-state index is 15.6. The number of carbonyl (C=O) groups is 13. The molecule has 0 amide bonds. The summed E-state index contributed by atoms with van der Waals surface area (Å²) in [7, 11) is 0. The molecule has 0 aromatic heterocycles. The lowest BCUT2D eigenvalue weighted by molar-refractivity contribution is -0.283. The highest BCUT2D eigenvalue weighted by atomic mass is 16.7. The first-order valence-electron chi connectivity index (χ1n) is 40.0. The number of esters is 13. The Morgan fingerprint density at radius 1 is 0.202 bits per heavy atom. The van der Waals surface area contributed by atoms with Crippen LogP contribution in [-0.2, 0) is 162 Å². The van der Waals surface area contributed by atoms with Gasteiger partial charge in [-0.25, -0.2) is 0 Å². The first-order valence-corrected chi connectivity index (χ1v) is 40.0. The molecule has 0 radical (unpaired) electrons. The maximum Gasteiger partial charge on any atom is 0.318 e. The van der Waals surface area contributed by atoms with Crippen molar-refractivity contribution in [2.75, 3.05) is 192 Å². The van der Waals surface area contributed by atoms with Gasteiger partial charge in [0.15, 0.2) is 23.1 Å². The van der Waals surface area contributed by atoms with E-state index >= 15 is 14.4 Å². The Balaban J connectivity index is 1.99. The summed E-state index contributed by atoms with van der Waals surface area (Å²) in [6.45, 7) is 5.46. The van der Waals surface area contributed by atoms with Crippen molar-refractivity contribution in [3.63, 3.8) is 0 Å². The van der Waals surface area contributed by atoms with E-state index in [0.29, 0.717) is 0 Å². The van der Waals surface area contributed by atoms with Crippen molar-refractivity contribution in [2.24, 2.45) is 75.8 Å². The number of carbonyl (C=O) groups excluding carboxylic acids is 13. The van der Waals surface area contributed by atoms with Gasteiger partial charge in [-0.05, 0) is 152 Å². The number of rotatable bonds is 47. The van der Waals surface area contributed by atoms with Gasteiger partial charge < -0.3 is 140 Å². The monoisotopic (exact) mass is 1790 g/mol. The Morgan fingerprint density at radius 3 is 0.444 bits per heavy atom. The summed E-state index contributed by atoms with van der Waals surface area (Å²) < 4.78 is 121. The lowest BCUT2D eigenvalue weighted by atomic mass is 9.89. The van der Waals surface area contributed by atoms with Crippen molar-refractivity contribution in [1.82, 2.24) is 0 Å². The minimum absolute atomic E-state index is 0.233. The highest BCUT2D eigenvalue weighted by Gasteiger charge is 2.55. The third kappa shape index (κ3) is 28.2. The van der Waals surface area contributed by atoms with Crippen molar-refractivity contribution >= 4 is 77.6 Å². The van der Waals surface area contributed by atoms with Crippen LogP contribution in [0.1, 0.15) is 152 Å². The summed E-state index contributed by atoms with van der Waals surface area (Å²) in [5.41, 5.74) is -28.2. The number of ether oxygens (including phenoxy) is 21. The molecular weight excluding hydrogens is 1660 g/mol. The van der Waals surface area contributed by atoms with Crippen LogP contribution in [0.15, 0.2) is 0 Å². The standard InChI is InChI=1S/C82H132O42/c1-65(2)117-44-79(19,45-118-65)61(100)113-40-75(15,41-114-62(101)80(20)46-119-66(3,4)120-47-80)57(96)105-32-69(9,33-106-58(97)76(16,42-115-63(102)81(21)48-121-67(5,6)122-49-81)43-116-64(103)82(22)50-123-68(7,8)124-51-82)31-104-56(95)74(14,38-111-59(98)77(17,34-107-52(91)70(10,23-83)24-84)35-108-53(92)71(11,25-85)26-86)39-112-60(99)78(18,36-109-54(93)72(12,27-87)28-88)37-110-55(94)73(13,29-89)30-90/h83-90H,23-51H2,1-22H3. The molecule has 4 fully saturated rings. The van der Waals surface area contributed by atoms with Crippen molar-refractivity contribution in [2.45, 2.75) is 175 Å². The lowest BCUT2D eigenvalue weighted by Crippen LogP contribution is -2.52. The van der Waals surface area contributed by atoms with Crippen molar-refractivity contribution in [1.29, 1.82) is 0 Å². The Hall–Kier alpha value is -7.53. The third-order valence-corrected chi connectivity index (χ3v) is 22.0. The number of aliphatic hydroxyl groups is 8. The van der Waals surface area contributed by atoms with Gasteiger partial charge in [0, 0.05) is 0 Å². The van der Waals surface area contributed by atoms with Crippen LogP contribution in [0.25, 0.3) is 0 Å². The zero-order valence-electron chi connectivity index (χ0n) is 75.5. The molecule has 124 heavy (non-hydrogen) atoms. The highest BCUT2D eigenvalue weighted by Crippen LogP contribution is 2.40. The van der Waals surface area contributed by atoms with Crippen LogP contribution >= 0.6 is 0 Å². The van der Waals surface area contributed by atoms with E-state index < -0.39 is 315 Å². The first-order chi connectivity index (χ1) is 56.8. The summed E-state index contributed by atoms with van der Waals surface area (Å²) in [6.07, 6.45) is 0. The molecule has 4 heterocycles. The Labute approximate surface area is 720 Å². The molecule has 0 aromatic rings. The van der Waals surface area contributed by atoms with Crippen LogP contribution in [0, 0.1) is 75.8 Å². The smallest absolute Gasteiger partial charge is 0.318 e. The molecular formula is C82H132O42. The van der Waals surface area contributed by atoms with Gasteiger partial charge in [-0.1, -0.05) is 0 Å². The second-order valence-electron chi connectivity index (χ2n) is 38.8. The molecule has 4 saturated heterocycles. The van der Waals surface area contributed by atoms with Gasteiger partial charge in [0.1, 0.15) is 156 Å². The van der Waals surface area contributed by atoms with Crippen molar-refractivity contribution < 1.29 is 203 Å². The summed E-state index contributed by atoms with van der Waals surface area (Å²) in [6, 6.07) is 0. The largest absolute Gasteiger partial charge is 0.464 e. The van der Waals surface area contributed by atoms with Gasteiger partial charge in [0.2, 0.25) is 0 Å². The molecule has 4 rings (SSSR count). The van der Waals surface area contributed by atoms with Crippen LogP contribution in [-0.4, -0.2) is 333 Å².